The predicted molar refractivity (Wildman–Crippen MR) is 300 cm³/mol. The van der Waals surface area contributed by atoms with Crippen LogP contribution < -0.4 is 0 Å². The first-order valence-electron chi connectivity index (χ1n) is 18.1. The van der Waals surface area contributed by atoms with Gasteiger partial charge in [0.25, 0.3) is 0 Å². The number of ether oxygens (including phenoxy) is 5. The van der Waals surface area contributed by atoms with Gasteiger partial charge in [-0.25, -0.2) is 0 Å². The van der Waals surface area contributed by atoms with Crippen molar-refractivity contribution in [1.82, 2.24) is 0 Å². The van der Waals surface area contributed by atoms with E-state index in [-0.39, 0.29) is 157 Å². The number of aliphatic hydroxyl groups is 7. The van der Waals surface area contributed by atoms with Crippen molar-refractivity contribution in [3.63, 3.8) is 0 Å². The monoisotopic (exact) mass is 961 g/mol. The number of rotatable bonds is 19. The van der Waals surface area contributed by atoms with Crippen molar-refractivity contribution in [2.45, 2.75) is 276 Å². The van der Waals surface area contributed by atoms with Gasteiger partial charge in [-0.2, -0.15) is 0 Å². The summed E-state index contributed by atoms with van der Waals surface area (Å²) in [5.74, 6) is -0.189. The fourth-order valence-corrected chi connectivity index (χ4v) is 3.68. The molecule has 0 radical (unpaired) electrons. The molecule has 12 heteroatoms. The van der Waals surface area contributed by atoms with Crippen molar-refractivity contribution in [1.29, 1.82) is 0 Å². The fraction of sp³-hybridized carbons (Fsp3) is 1.00. The minimum Gasteiger partial charge on any atom is -0.396 e. The highest BCUT2D eigenvalue weighted by Gasteiger charge is 2.40. The summed E-state index contributed by atoms with van der Waals surface area (Å²) < 4.78 is 25.8. The molecule has 1 aliphatic rings. The van der Waals surface area contributed by atoms with Crippen LogP contribution in [-0.2, 0) is 23.7 Å². The van der Waals surface area contributed by atoms with Gasteiger partial charge in [0.15, 0.2) is 6.29 Å². The quantitative estimate of drug-likeness (QED) is 0.0650. The van der Waals surface area contributed by atoms with E-state index < -0.39 is 35.1 Å². The van der Waals surface area contributed by atoms with E-state index in [0.717, 1.165) is 19.3 Å². The molecule has 0 bridgehead atoms. The average Bonchev–Trinajstić information content (AvgIpc) is 3.07. The summed E-state index contributed by atoms with van der Waals surface area (Å²) in [4.78, 5) is 0. The molecule has 7 N–H and O–H groups in total. The van der Waals surface area contributed by atoms with E-state index >= 15 is 0 Å². The number of aliphatic hydroxyl groups excluding tert-OH is 5. The van der Waals surface area contributed by atoms with Crippen molar-refractivity contribution >= 4 is 0 Å². The summed E-state index contributed by atoms with van der Waals surface area (Å²) in [6.07, 6.45) is 4.76. The smallest absolute Gasteiger partial charge is 0.163 e. The van der Waals surface area contributed by atoms with Gasteiger partial charge in [-0.15, -0.1) is 0 Å². The molecular weight excluding hydrogens is 817 g/mol. The number of hydrogen-bond acceptors (Lipinski definition) is 12. The molecule has 1 fully saturated rings. The van der Waals surface area contributed by atoms with E-state index in [2.05, 4.69) is 20.8 Å². The van der Waals surface area contributed by atoms with Crippen LogP contribution in [0.2, 0.25) is 0 Å². The Morgan fingerprint density at radius 3 is 1.05 bits per heavy atom. The van der Waals surface area contributed by atoms with Gasteiger partial charge in [-0.05, 0) is 54.9 Å². The standard InChI is InChI=1S/C9H18O4.C9H20O2.C7H16O3.C6H14O3.C5H12.16CH4/c1-4-12-9-5(2)7(10)8(11)6(3)13-9;1-4-6-7-9(3,10)8-11-5-2;1-3-10-6-7(2,4-8)5-9;1-3-9-5-6(2,8)4-7;1-3-5-4-2;;;;;;;;;;;;;;;;/h5-11H,4H2,1-3H3;10H,4-8H2,1-3H3;8-9H,3-6H2,1-2H3;7-8H,3-5H2,1-2H3;3-5H2,1-2H3;16*1H4. The second-order valence-corrected chi connectivity index (χ2v) is 13.2. The molecule has 0 saturated carbocycles. The SMILES string of the molecule is C.C.C.C.C.C.C.C.C.C.C.C.C.C.C.C.CCCCC.CCCCC(C)(O)COCC.CCOC1OC(C)C(O)C(O)C1C.CCOCC(C)(CO)CO.CCOCC(C)(O)CO. The second-order valence-electron chi connectivity index (χ2n) is 13.2. The predicted octanol–water partition coefficient (Wildman–Crippen LogP) is 14.2. The highest BCUT2D eigenvalue weighted by molar-refractivity contribution is 4.84. The third-order valence-corrected chi connectivity index (χ3v) is 7.25. The second kappa shape index (κ2) is 82.6. The van der Waals surface area contributed by atoms with E-state index in [1.807, 2.05) is 34.6 Å². The summed E-state index contributed by atoms with van der Waals surface area (Å²) in [7, 11) is 0. The van der Waals surface area contributed by atoms with Crippen LogP contribution in [0.15, 0.2) is 0 Å². The first-order chi connectivity index (χ1) is 22.4. The average molecular weight is 962 g/mol. The summed E-state index contributed by atoms with van der Waals surface area (Å²) in [5.41, 5.74) is -2.17. The molecule has 0 aliphatic carbocycles. The molecule has 0 spiro atoms. The topological polar surface area (TPSA) is 188 Å². The third kappa shape index (κ3) is 78.7. The van der Waals surface area contributed by atoms with E-state index in [4.69, 9.17) is 44.1 Å². The molecule has 7 atom stereocenters. The summed E-state index contributed by atoms with van der Waals surface area (Å²) >= 11 is 0. The Kier molecular flexibility index (Phi) is 169. The number of unbranched alkanes of at least 4 members (excludes halogenated alkanes) is 3. The number of hydrogen-bond donors (Lipinski definition) is 7. The van der Waals surface area contributed by atoms with Crippen LogP contribution in [0.4, 0.5) is 0 Å². The maximum atomic E-state index is 9.65. The molecule has 7 unspecified atom stereocenters. The first kappa shape index (κ1) is 131. The van der Waals surface area contributed by atoms with Crippen LogP contribution >= 0.6 is 0 Å². The molecule has 1 rings (SSSR count). The van der Waals surface area contributed by atoms with E-state index in [9.17, 15) is 15.3 Å². The van der Waals surface area contributed by atoms with E-state index in [1.165, 1.54) is 26.2 Å². The molecule has 0 amide bonds. The van der Waals surface area contributed by atoms with Gasteiger partial charge >= 0.3 is 0 Å². The van der Waals surface area contributed by atoms with Gasteiger partial charge in [0.1, 0.15) is 11.7 Å². The molecule has 1 aliphatic heterocycles. The zero-order valence-electron chi connectivity index (χ0n) is 32.9. The largest absolute Gasteiger partial charge is 0.396 e. The van der Waals surface area contributed by atoms with Gasteiger partial charge in [-0.1, -0.05) is 186 Å². The molecular formula is C52H144O12. The van der Waals surface area contributed by atoms with Gasteiger partial charge in [0.05, 0.1) is 57.5 Å². The van der Waals surface area contributed by atoms with Crippen LogP contribution in [0.25, 0.3) is 0 Å². The lowest BCUT2D eigenvalue weighted by atomic mass is 9.93. The van der Waals surface area contributed by atoms with Crippen LogP contribution in [0.3, 0.4) is 0 Å². The Bertz CT molecular complexity index is 640. The summed E-state index contributed by atoms with van der Waals surface area (Å²) in [6.45, 7) is 25.9. The first-order valence-corrected chi connectivity index (χ1v) is 18.1. The molecule has 1 heterocycles. The Labute approximate surface area is 412 Å². The normalized spacial score (nSPS) is 17.2. The Morgan fingerprint density at radius 1 is 0.453 bits per heavy atom. The van der Waals surface area contributed by atoms with Crippen LogP contribution in [0.1, 0.15) is 240 Å². The van der Waals surface area contributed by atoms with Gasteiger partial charge in [-0.3, -0.25) is 0 Å². The van der Waals surface area contributed by atoms with Gasteiger partial charge < -0.3 is 59.4 Å². The summed E-state index contributed by atoms with van der Waals surface area (Å²) in [6, 6.07) is 0. The maximum Gasteiger partial charge on any atom is 0.163 e. The van der Waals surface area contributed by atoms with Crippen molar-refractivity contribution < 1.29 is 59.4 Å². The highest BCUT2D eigenvalue weighted by atomic mass is 16.7. The lowest BCUT2D eigenvalue weighted by Gasteiger charge is -2.39. The van der Waals surface area contributed by atoms with Crippen LogP contribution in [0.5, 0.6) is 0 Å². The molecule has 1 saturated heterocycles. The lowest BCUT2D eigenvalue weighted by molar-refractivity contribution is -0.271. The van der Waals surface area contributed by atoms with Gasteiger partial charge in [0, 0.05) is 37.8 Å². The lowest BCUT2D eigenvalue weighted by Crippen LogP contribution is -2.53. The highest BCUT2D eigenvalue weighted by Crippen LogP contribution is 2.26. The molecule has 12 nitrogen and oxygen atoms in total. The van der Waals surface area contributed by atoms with Crippen molar-refractivity contribution in [2.75, 3.05) is 66.1 Å². The fourth-order valence-electron chi connectivity index (χ4n) is 3.68. The molecule has 0 aromatic rings. The molecule has 64 heavy (non-hydrogen) atoms. The third-order valence-electron chi connectivity index (χ3n) is 7.25. The van der Waals surface area contributed by atoms with Crippen molar-refractivity contribution in [2.24, 2.45) is 11.3 Å². The van der Waals surface area contributed by atoms with Gasteiger partial charge in [0.2, 0.25) is 0 Å². The Morgan fingerprint density at radius 2 is 0.781 bits per heavy atom. The van der Waals surface area contributed by atoms with Crippen LogP contribution in [0, 0.1) is 11.3 Å². The molecule has 0 aromatic carbocycles. The molecule has 424 valence electrons. The van der Waals surface area contributed by atoms with E-state index in [1.54, 1.807) is 20.8 Å². The minimum absolute atomic E-state index is 0. The minimum atomic E-state index is -1.07. The van der Waals surface area contributed by atoms with Crippen LogP contribution in [-0.4, -0.2) is 138 Å². The van der Waals surface area contributed by atoms with Crippen molar-refractivity contribution in [3.8, 4) is 0 Å². The maximum absolute atomic E-state index is 9.65. The van der Waals surface area contributed by atoms with Crippen molar-refractivity contribution in [3.05, 3.63) is 0 Å². The zero-order valence-corrected chi connectivity index (χ0v) is 32.9. The Balaban J connectivity index is -0.0000000201. The van der Waals surface area contributed by atoms with E-state index in [0.29, 0.717) is 39.6 Å². The summed E-state index contributed by atoms with van der Waals surface area (Å²) in [5, 5.41) is 63.8. The Hall–Kier alpha value is -0.480. The zero-order chi connectivity index (χ0) is 38.2. The molecule has 0 aromatic heterocycles.